The van der Waals surface area contributed by atoms with Crippen LogP contribution < -0.4 is 0 Å². The molecule has 2 aromatic carbocycles. The molecule has 0 spiro atoms. The minimum atomic E-state index is 0.121. The van der Waals surface area contributed by atoms with Crippen molar-refractivity contribution in [2.24, 2.45) is 5.92 Å². The zero-order chi connectivity index (χ0) is 19.8. The fourth-order valence-electron chi connectivity index (χ4n) is 4.37. The molecular weight excluding hydrogens is 362 g/mol. The molecule has 6 heteroatoms. The normalized spacial score (nSPS) is 19.1. The van der Waals surface area contributed by atoms with Gasteiger partial charge in [-0.3, -0.25) is 14.6 Å². The van der Waals surface area contributed by atoms with Gasteiger partial charge in [0.05, 0.1) is 17.9 Å². The van der Waals surface area contributed by atoms with Gasteiger partial charge in [0.15, 0.2) is 0 Å². The van der Waals surface area contributed by atoms with Crippen molar-refractivity contribution in [3.05, 3.63) is 72.7 Å². The predicted octanol–water partition coefficient (Wildman–Crippen LogP) is 3.98. The van der Waals surface area contributed by atoms with Crippen LogP contribution in [0.5, 0.6) is 0 Å². The highest BCUT2D eigenvalue weighted by Crippen LogP contribution is 2.28. The zero-order valence-corrected chi connectivity index (χ0v) is 16.3. The first kappa shape index (κ1) is 17.7. The van der Waals surface area contributed by atoms with Crippen LogP contribution in [0.4, 0.5) is 0 Å². The Kier molecular flexibility index (Phi) is 4.39. The third-order valence-electron chi connectivity index (χ3n) is 5.85. The van der Waals surface area contributed by atoms with Crippen LogP contribution in [0, 0.1) is 5.92 Å². The summed E-state index contributed by atoms with van der Waals surface area (Å²) in [4.78, 5) is 14.9. The second-order valence-corrected chi connectivity index (χ2v) is 7.86. The molecule has 29 heavy (non-hydrogen) atoms. The van der Waals surface area contributed by atoms with Gasteiger partial charge in [0.1, 0.15) is 0 Å². The van der Waals surface area contributed by atoms with Crippen LogP contribution in [-0.2, 0) is 6.54 Å². The van der Waals surface area contributed by atoms with Gasteiger partial charge in [0.2, 0.25) is 0 Å². The molecule has 1 N–H and O–H groups in total. The summed E-state index contributed by atoms with van der Waals surface area (Å²) in [5.74, 6) is 0.519. The van der Waals surface area contributed by atoms with E-state index in [9.17, 15) is 4.79 Å². The van der Waals surface area contributed by atoms with Gasteiger partial charge in [-0.2, -0.15) is 10.2 Å². The number of aromatic nitrogens is 4. The van der Waals surface area contributed by atoms with Crippen LogP contribution in [0.3, 0.4) is 0 Å². The van der Waals surface area contributed by atoms with Gasteiger partial charge in [-0.05, 0) is 49.1 Å². The Morgan fingerprint density at radius 2 is 2.00 bits per heavy atom. The van der Waals surface area contributed by atoms with E-state index < -0.39 is 0 Å². The lowest BCUT2D eigenvalue weighted by Crippen LogP contribution is -2.34. The van der Waals surface area contributed by atoms with Crippen LogP contribution in [-0.4, -0.2) is 43.4 Å². The fourth-order valence-corrected chi connectivity index (χ4v) is 4.37. The number of benzene rings is 2. The number of carbonyl (C=O) groups is 1. The summed E-state index contributed by atoms with van der Waals surface area (Å²) in [6, 6.07) is 16.2. The van der Waals surface area contributed by atoms with E-state index in [1.54, 1.807) is 0 Å². The number of hydrogen-bond acceptors (Lipinski definition) is 3. The molecule has 6 nitrogen and oxygen atoms in total. The molecule has 2 atom stereocenters. The van der Waals surface area contributed by atoms with E-state index in [1.807, 2.05) is 53.8 Å². The molecule has 5 rings (SSSR count). The van der Waals surface area contributed by atoms with Crippen molar-refractivity contribution >= 4 is 16.8 Å². The molecule has 1 amide bonds. The third-order valence-corrected chi connectivity index (χ3v) is 5.85. The second-order valence-electron chi connectivity index (χ2n) is 7.86. The number of hydrogen-bond donors (Lipinski definition) is 1. The highest BCUT2D eigenvalue weighted by Gasteiger charge is 2.33. The number of rotatable bonds is 4. The maximum absolute atomic E-state index is 12.9. The maximum Gasteiger partial charge on any atom is 0.254 e. The summed E-state index contributed by atoms with van der Waals surface area (Å²) in [6.45, 7) is 3.72. The van der Waals surface area contributed by atoms with E-state index in [4.69, 9.17) is 0 Å². The molecule has 1 aliphatic rings. The number of aromatic amines is 1. The van der Waals surface area contributed by atoms with Crippen LogP contribution in [0.25, 0.3) is 22.0 Å². The standard InChI is InChI=1S/C23H23N5O/c1-16-9-17(14-27(16)23(29)18-5-3-2-4-6-18)15-28-22-8-7-19(10-20(22)13-26-28)21-11-24-25-12-21/h2-8,10-13,16-17H,9,14-15H2,1H3,(H,24,25)/t16-,17?/m0/s1. The molecule has 3 heterocycles. The van der Waals surface area contributed by atoms with Gasteiger partial charge in [-0.15, -0.1) is 0 Å². The van der Waals surface area contributed by atoms with E-state index in [0.29, 0.717) is 5.92 Å². The molecule has 2 aromatic heterocycles. The fraction of sp³-hybridized carbons (Fsp3) is 0.261. The average molecular weight is 385 g/mol. The molecule has 1 saturated heterocycles. The number of carbonyl (C=O) groups excluding carboxylic acids is 1. The Bertz CT molecular complexity index is 1130. The Morgan fingerprint density at radius 3 is 2.79 bits per heavy atom. The van der Waals surface area contributed by atoms with Crippen molar-refractivity contribution in [2.75, 3.05) is 6.54 Å². The maximum atomic E-state index is 12.9. The van der Waals surface area contributed by atoms with Gasteiger partial charge in [0, 0.05) is 41.8 Å². The molecule has 1 unspecified atom stereocenters. The van der Waals surface area contributed by atoms with Crippen molar-refractivity contribution in [3.8, 4) is 11.1 Å². The number of amides is 1. The average Bonchev–Trinajstić information content (AvgIpc) is 3.49. The van der Waals surface area contributed by atoms with Gasteiger partial charge >= 0.3 is 0 Å². The van der Waals surface area contributed by atoms with Crippen LogP contribution >= 0.6 is 0 Å². The Labute approximate surface area is 169 Å². The first-order valence-electron chi connectivity index (χ1n) is 10.00. The summed E-state index contributed by atoms with van der Waals surface area (Å²) in [6.07, 6.45) is 6.63. The summed E-state index contributed by atoms with van der Waals surface area (Å²) < 4.78 is 2.07. The quantitative estimate of drug-likeness (QED) is 0.578. The summed E-state index contributed by atoms with van der Waals surface area (Å²) >= 11 is 0. The second kappa shape index (κ2) is 7.20. The highest BCUT2D eigenvalue weighted by molar-refractivity contribution is 5.94. The number of nitrogens with one attached hydrogen (secondary N) is 1. The Morgan fingerprint density at radius 1 is 1.14 bits per heavy atom. The largest absolute Gasteiger partial charge is 0.336 e. The lowest BCUT2D eigenvalue weighted by molar-refractivity contribution is 0.0742. The Hall–Kier alpha value is -3.41. The van der Waals surface area contributed by atoms with Crippen molar-refractivity contribution in [2.45, 2.75) is 25.9 Å². The molecule has 0 bridgehead atoms. The lowest BCUT2D eigenvalue weighted by atomic mass is 10.1. The first-order chi connectivity index (χ1) is 14.2. The van der Waals surface area contributed by atoms with Crippen LogP contribution in [0.1, 0.15) is 23.7 Å². The molecule has 4 aromatic rings. The number of fused-ring (bicyclic) bond motifs is 1. The molecular formula is C23H23N5O. The van der Waals surface area contributed by atoms with E-state index >= 15 is 0 Å². The van der Waals surface area contributed by atoms with Gasteiger partial charge in [0.25, 0.3) is 5.91 Å². The third kappa shape index (κ3) is 3.31. The number of H-pyrrole nitrogens is 1. The SMILES string of the molecule is C[C@H]1CC(Cn2ncc3cc(-c4cn[nH]c4)ccc32)CN1C(=O)c1ccccc1. The molecule has 146 valence electrons. The van der Waals surface area contributed by atoms with Crippen molar-refractivity contribution in [1.29, 1.82) is 0 Å². The molecule has 1 fully saturated rings. The van der Waals surface area contributed by atoms with Gasteiger partial charge in [-0.1, -0.05) is 24.3 Å². The highest BCUT2D eigenvalue weighted by atomic mass is 16.2. The van der Waals surface area contributed by atoms with Crippen LogP contribution in [0.15, 0.2) is 67.1 Å². The smallest absolute Gasteiger partial charge is 0.254 e. The van der Waals surface area contributed by atoms with Crippen molar-refractivity contribution in [3.63, 3.8) is 0 Å². The van der Waals surface area contributed by atoms with Crippen molar-refractivity contribution < 1.29 is 4.79 Å². The van der Waals surface area contributed by atoms with Crippen molar-refractivity contribution in [1.82, 2.24) is 24.9 Å². The van der Waals surface area contributed by atoms with E-state index in [0.717, 1.165) is 47.1 Å². The molecule has 1 aliphatic heterocycles. The molecule has 0 radical (unpaired) electrons. The zero-order valence-electron chi connectivity index (χ0n) is 16.3. The van der Waals surface area contributed by atoms with E-state index in [-0.39, 0.29) is 11.9 Å². The monoisotopic (exact) mass is 385 g/mol. The predicted molar refractivity (Wildman–Crippen MR) is 112 cm³/mol. The van der Waals surface area contributed by atoms with Gasteiger partial charge in [-0.25, -0.2) is 0 Å². The summed E-state index contributed by atoms with van der Waals surface area (Å²) in [7, 11) is 0. The summed E-state index contributed by atoms with van der Waals surface area (Å²) in [5, 5.41) is 12.6. The minimum absolute atomic E-state index is 0.121. The van der Waals surface area contributed by atoms with Crippen LogP contribution in [0.2, 0.25) is 0 Å². The van der Waals surface area contributed by atoms with E-state index in [1.165, 1.54) is 0 Å². The molecule has 0 saturated carbocycles. The van der Waals surface area contributed by atoms with Gasteiger partial charge < -0.3 is 4.90 Å². The molecule has 0 aliphatic carbocycles. The topological polar surface area (TPSA) is 66.8 Å². The van der Waals surface area contributed by atoms with E-state index in [2.05, 4.69) is 45.1 Å². The Balaban J connectivity index is 1.33. The summed E-state index contributed by atoms with van der Waals surface area (Å²) in [5.41, 5.74) is 4.08. The minimum Gasteiger partial charge on any atom is -0.336 e. The number of likely N-dealkylation sites (tertiary alicyclic amines) is 1. The first-order valence-corrected chi connectivity index (χ1v) is 10.00. The number of nitrogens with zero attached hydrogens (tertiary/aromatic N) is 4. The lowest BCUT2D eigenvalue weighted by Gasteiger charge is -2.21.